The van der Waals surface area contributed by atoms with E-state index in [1.54, 1.807) is 0 Å². The van der Waals surface area contributed by atoms with Crippen molar-refractivity contribution in [3.63, 3.8) is 0 Å². The third kappa shape index (κ3) is 3.59. The predicted molar refractivity (Wildman–Crippen MR) is 58.7 cm³/mol. The molecule has 1 heterocycles. The Bertz CT molecular complexity index is 312. The summed E-state index contributed by atoms with van der Waals surface area (Å²) >= 11 is 0. The molecule has 0 bridgehead atoms. The monoisotopic (exact) mass is 188 g/mol. The molecule has 0 spiro atoms. The summed E-state index contributed by atoms with van der Waals surface area (Å²) in [6.07, 6.45) is 10.8. The van der Waals surface area contributed by atoms with Gasteiger partial charge in [0.2, 0.25) is 0 Å². The Hall–Kier alpha value is -1.33. The third-order valence-electron chi connectivity index (χ3n) is 2.13. The summed E-state index contributed by atoms with van der Waals surface area (Å²) in [5.74, 6) is 2.63. The molecule has 74 valence electrons. The number of aryl methyl sites for hydroxylation is 1. The number of hydrogen-bond donors (Lipinski definition) is 1. The fourth-order valence-corrected chi connectivity index (χ4v) is 1.24. The molecule has 0 saturated heterocycles. The van der Waals surface area contributed by atoms with E-state index in [2.05, 4.69) is 23.1 Å². The highest BCUT2D eigenvalue weighted by atomic mass is 14.8. The van der Waals surface area contributed by atoms with Gasteiger partial charge in [-0.05, 0) is 37.1 Å². The Labute approximate surface area is 85.8 Å². The Balaban J connectivity index is 2.25. The van der Waals surface area contributed by atoms with Crippen LogP contribution in [0.5, 0.6) is 0 Å². The van der Waals surface area contributed by atoms with E-state index in [1.165, 1.54) is 11.1 Å². The van der Waals surface area contributed by atoms with Gasteiger partial charge in [-0.3, -0.25) is 4.98 Å². The highest BCUT2D eigenvalue weighted by Gasteiger charge is 1.95. The van der Waals surface area contributed by atoms with E-state index in [9.17, 15) is 0 Å². The zero-order chi connectivity index (χ0) is 10.2. The zero-order valence-corrected chi connectivity index (χ0v) is 8.59. The first-order chi connectivity index (χ1) is 6.84. The number of nitrogens with zero attached hydrogens (tertiary/aromatic N) is 1. The molecule has 2 nitrogen and oxygen atoms in total. The van der Waals surface area contributed by atoms with Gasteiger partial charge < -0.3 is 5.32 Å². The van der Waals surface area contributed by atoms with Crippen LogP contribution in [-0.2, 0) is 6.54 Å². The molecule has 0 amide bonds. The lowest BCUT2D eigenvalue weighted by Crippen LogP contribution is -2.15. The van der Waals surface area contributed by atoms with Crippen molar-refractivity contribution >= 4 is 0 Å². The fraction of sp³-hybridized carbons (Fsp3) is 0.417. The number of unbranched alkanes of at least 4 members (excludes halogenated alkanes) is 1. The standard InChI is InChI=1S/C12H16N2/c1-3-4-5-7-13-10-12-6-8-14-9-11(12)2/h1,6,8-9,13H,4-5,7,10H2,2H3. The van der Waals surface area contributed by atoms with Gasteiger partial charge >= 0.3 is 0 Å². The number of aromatic nitrogens is 1. The first-order valence-corrected chi connectivity index (χ1v) is 4.88. The number of nitrogens with one attached hydrogen (secondary N) is 1. The van der Waals surface area contributed by atoms with E-state index >= 15 is 0 Å². The second-order valence-electron chi connectivity index (χ2n) is 3.29. The molecule has 0 aliphatic carbocycles. The maximum atomic E-state index is 5.16. The minimum Gasteiger partial charge on any atom is -0.313 e. The smallest absolute Gasteiger partial charge is 0.0300 e. The van der Waals surface area contributed by atoms with Crippen molar-refractivity contribution in [2.75, 3.05) is 6.54 Å². The molecule has 0 atom stereocenters. The molecule has 0 aliphatic heterocycles. The fourth-order valence-electron chi connectivity index (χ4n) is 1.24. The molecule has 0 aromatic carbocycles. The van der Waals surface area contributed by atoms with Gasteiger partial charge in [0, 0.05) is 25.4 Å². The Morgan fingerprint density at radius 2 is 2.43 bits per heavy atom. The summed E-state index contributed by atoms with van der Waals surface area (Å²) in [5.41, 5.74) is 2.54. The first-order valence-electron chi connectivity index (χ1n) is 4.88. The van der Waals surface area contributed by atoms with Gasteiger partial charge in [-0.2, -0.15) is 0 Å². The molecule has 1 aromatic rings. The third-order valence-corrected chi connectivity index (χ3v) is 2.13. The van der Waals surface area contributed by atoms with Crippen molar-refractivity contribution in [1.29, 1.82) is 0 Å². The maximum absolute atomic E-state index is 5.16. The predicted octanol–water partition coefficient (Wildman–Crippen LogP) is 1.89. The van der Waals surface area contributed by atoms with Crippen LogP contribution in [0.3, 0.4) is 0 Å². The molecule has 14 heavy (non-hydrogen) atoms. The number of pyridine rings is 1. The van der Waals surface area contributed by atoms with E-state index in [0.29, 0.717) is 0 Å². The summed E-state index contributed by atoms with van der Waals surface area (Å²) in [6.45, 7) is 3.95. The molecule has 0 fully saturated rings. The average molecular weight is 188 g/mol. The van der Waals surface area contributed by atoms with Gasteiger partial charge in [-0.25, -0.2) is 0 Å². The normalized spacial score (nSPS) is 9.71. The second-order valence-corrected chi connectivity index (χ2v) is 3.29. The van der Waals surface area contributed by atoms with Crippen LogP contribution in [0.2, 0.25) is 0 Å². The largest absolute Gasteiger partial charge is 0.313 e. The van der Waals surface area contributed by atoms with Crippen LogP contribution in [0.15, 0.2) is 18.5 Å². The van der Waals surface area contributed by atoms with Crippen LogP contribution in [0, 0.1) is 19.3 Å². The lowest BCUT2D eigenvalue weighted by molar-refractivity contribution is 0.656. The maximum Gasteiger partial charge on any atom is 0.0300 e. The van der Waals surface area contributed by atoms with Crippen LogP contribution in [0.4, 0.5) is 0 Å². The highest BCUT2D eigenvalue weighted by Crippen LogP contribution is 2.03. The molecule has 1 N–H and O–H groups in total. The minimum absolute atomic E-state index is 0.850. The molecular formula is C12H16N2. The van der Waals surface area contributed by atoms with Crippen LogP contribution >= 0.6 is 0 Å². The molecule has 0 saturated carbocycles. The Kier molecular flexibility index (Phi) is 4.74. The van der Waals surface area contributed by atoms with E-state index in [1.807, 2.05) is 18.5 Å². The topological polar surface area (TPSA) is 24.9 Å². The summed E-state index contributed by atoms with van der Waals surface area (Å²) in [5, 5.41) is 3.35. The van der Waals surface area contributed by atoms with Crippen LogP contribution in [0.25, 0.3) is 0 Å². The molecule has 1 aromatic heterocycles. The quantitative estimate of drug-likeness (QED) is 0.564. The van der Waals surface area contributed by atoms with E-state index < -0.39 is 0 Å². The second kappa shape index (κ2) is 6.17. The molecular weight excluding hydrogens is 172 g/mol. The van der Waals surface area contributed by atoms with Gasteiger partial charge in [-0.15, -0.1) is 12.3 Å². The number of terminal acetylenes is 1. The minimum atomic E-state index is 0.850. The average Bonchev–Trinajstić information content (AvgIpc) is 2.20. The van der Waals surface area contributed by atoms with E-state index in [0.717, 1.165) is 25.9 Å². The molecule has 0 aliphatic rings. The van der Waals surface area contributed by atoms with Gasteiger partial charge in [0.05, 0.1) is 0 Å². The molecule has 2 heteroatoms. The molecule has 0 unspecified atom stereocenters. The van der Waals surface area contributed by atoms with Gasteiger partial charge in [0.15, 0.2) is 0 Å². The first kappa shape index (κ1) is 10.7. The lowest BCUT2D eigenvalue weighted by Gasteiger charge is -2.05. The molecule has 1 rings (SSSR count). The van der Waals surface area contributed by atoms with Crippen molar-refractivity contribution < 1.29 is 0 Å². The Morgan fingerprint density at radius 1 is 1.57 bits per heavy atom. The summed E-state index contributed by atoms with van der Waals surface area (Å²) < 4.78 is 0. The van der Waals surface area contributed by atoms with Crippen LogP contribution < -0.4 is 5.32 Å². The lowest BCUT2D eigenvalue weighted by atomic mass is 10.1. The summed E-state index contributed by atoms with van der Waals surface area (Å²) in [4.78, 5) is 4.05. The highest BCUT2D eigenvalue weighted by molar-refractivity contribution is 5.21. The van der Waals surface area contributed by atoms with Crippen molar-refractivity contribution in [1.82, 2.24) is 10.3 Å². The van der Waals surface area contributed by atoms with Crippen LogP contribution in [0.1, 0.15) is 24.0 Å². The van der Waals surface area contributed by atoms with E-state index in [4.69, 9.17) is 6.42 Å². The summed E-state index contributed by atoms with van der Waals surface area (Å²) in [6, 6.07) is 2.05. The van der Waals surface area contributed by atoms with Gasteiger partial charge in [0.1, 0.15) is 0 Å². The summed E-state index contributed by atoms with van der Waals surface area (Å²) in [7, 11) is 0. The van der Waals surface area contributed by atoms with Crippen molar-refractivity contribution in [2.45, 2.75) is 26.3 Å². The van der Waals surface area contributed by atoms with Crippen LogP contribution in [-0.4, -0.2) is 11.5 Å². The van der Waals surface area contributed by atoms with Crippen molar-refractivity contribution in [2.24, 2.45) is 0 Å². The van der Waals surface area contributed by atoms with Crippen molar-refractivity contribution in [3.05, 3.63) is 29.6 Å². The van der Waals surface area contributed by atoms with E-state index in [-0.39, 0.29) is 0 Å². The Morgan fingerprint density at radius 3 is 3.14 bits per heavy atom. The SMILES string of the molecule is C#CCCCNCc1ccncc1C. The van der Waals surface area contributed by atoms with Gasteiger partial charge in [0.25, 0.3) is 0 Å². The van der Waals surface area contributed by atoms with Gasteiger partial charge in [-0.1, -0.05) is 0 Å². The molecule has 0 radical (unpaired) electrons. The zero-order valence-electron chi connectivity index (χ0n) is 8.59. The number of rotatable bonds is 5. The van der Waals surface area contributed by atoms with Crippen molar-refractivity contribution in [3.8, 4) is 12.3 Å². The number of hydrogen-bond acceptors (Lipinski definition) is 2.